The summed E-state index contributed by atoms with van der Waals surface area (Å²) in [7, 11) is 0. The Bertz CT molecular complexity index is 948. The van der Waals surface area contributed by atoms with Crippen LogP contribution in [0.4, 0.5) is 11.5 Å². The molecule has 1 fully saturated rings. The van der Waals surface area contributed by atoms with Crippen LogP contribution in [-0.4, -0.2) is 34.1 Å². The number of aryl methyl sites for hydroxylation is 1. The van der Waals surface area contributed by atoms with Crippen LogP contribution in [0, 0.1) is 6.92 Å². The molecular weight excluding hydrogens is 358 g/mol. The number of amides is 1. The zero-order valence-corrected chi connectivity index (χ0v) is 15.6. The van der Waals surface area contributed by atoms with Gasteiger partial charge in [-0.1, -0.05) is 17.3 Å². The number of carbonyl (C=O) groups is 1. The predicted molar refractivity (Wildman–Crippen MR) is 103 cm³/mol. The van der Waals surface area contributed by atoms with Crippen LogP contribution < -0.4 is 15.0 Å². The van der Waals surface area contributed by atoms with Crippen molar-refractivity contribution in [2.45, 2.75) is 26.4 Å². The Morgan fingerprint density at radius 1 is 1.21 bits per heavy atom. The normalized spacial score (nSPS) is 13.5. The molecule has 1 N–H and O–H groups in total. The minimum absolute atomic E-state index is 0.119. The molecule has 3 aromatic rings. The third-order valence-corrected chi connectivity index (χ3v) is 4.49. The first-order valence-electron chi connectivity index (χ1n) is 9.22. The fourth-order valence-electron chi connectivity index (χ4n) is 3.11. The molecule has 1 aliphatic rings. The van der Waals surface area contributed by atoms with Gasteiger partial charge in [-0.05, 0) is 37.1 Å². The van der Waals surface area contributed by atoms with Crippen molar-refractivity contribution < 1.29 is 14.1 Å². The molecule has 144 valence electrons. The fraction of sp³-hybridized carbons (Fsp3) is 0.300. The number of nitrogens with zero attached hydrogens (tertiary/aromatic N) is 4. The maximum absolute atomic E-state index is 12.7. The number of nitrogens with one attached hydrogen (secondary N) is 1. The number of hydrogen-bond donors (Lipinski definition) is 1. The van der Waals surface area contributed by atoms with E-state index in [1.165, 1.54) is 12.8 Å². The van der Waals surface area contributed by atoms with E-state index in [1.807, 2.05) is 12.1 Å². The summed E-state index contributed by atoms with van der Waals surface area (Å²) < 4.78 is 10.6. The van der Waals surface area contributed by atoms with Crippen molar-refractivity contribution in [3.63, 3.8) is 0 Å². The molecule has 1 amide bonds. The average molecular weight is 379 g/mol. The van der Waals surface area contributed by atoms with Gasteiger partial charge in [-0.15, -0.1) is 0 Å². The monoisotopic (exact) mass is 379 g/mol. The van der Waals surface area contributed by atoms with Gasteiger partial charge in [-0.2, -0.15) is 4.98 Å². The van der Waals surface area contributed by atoms with Crippen molar-refractivity contribution in [2.75, 3.05) is 23.3 Å². The molecule has 2 aromatic heterocycles. The largest absolute Gasteiger partial charge is 0.485 e. The molecule has 0 saturated carbocycles. The summed E-state index contributed by atoms with van der Waals surface area (Å²) >= 11 is 0. The average Bonchev–Trinajstić information content (AvgIpc) is 3.39. The highest BCUT2D eigenvalue weighted by atomic mass is 16.5. The second kappa shape index (κ2) is 8.08. The first kappa shape index (κ1) is 18.0. The van der Waals surface area contributed by atoms with E-state index in [9.17, 15) is 4.79 Å². The van der Waals surface area contributed by atoms with Crippen LogP contribution in [0.25, 0.3) is 0 Å². The molecule has 0 aliphatic carbocycles. The van der Waals surface area contributed by atoms with Crippen LogP contribution in [0.2, 0.25) is 0 Å². The minimum atomic E-state index is -0.268. The molecule has 1 aliphatic heterocycles. The van der Waals surface area contributed by atoms with E-state index in [1.54, 1.807) is 37.4 Å². The summed E-state index contributed by atoms with van der Waals surface area (Å²) in [4.78, 5) is 23.5. The Labute approximate surface area is 162 Å². The summed E-state index contributed by atoms with van der Waals surface area (Å²) in [6, 6.07) is 10.8. The topological polar surface area (TPSA) is 93.4 Å². The van der Waals surface area contributed by atoms with Gasteiger partial charge in [0.05, 0.1) is 17.4 Å². The standard InChI is InChI=1S/C20H21N5O3/c1-14-22-18(24-28-14)13-27-17-7-3-2-6-16(17)20(26)23-15-8-9-19(21-12-15)25-10-4-5-11-25/h2-3,6-9,12H,4-5,10-11,13H2,1H3,(H,23,26). The van der Waals surface area contributed by atoms with E-state index in [0.29, 0.717) is 28.7 Å². The Morgan fingerprint density at radius 3 is 2.75 bits per heavy atom. The molecule has 8 nitrogen and oxygen atoms in total. The lowest BCUT2D eigenvalue weighted by atomic mass is 10.2. The number of carbonyl (C=O) groups excluding carboxylic acids is 1. The van der Waals surface area contributed by atoms with Crippen LogP contribution >= 0.6 is 0 Å². The lowest BCUT2D eigenvalue weighted by Gasteiger charge is -2.16. The number of hydrogen-bond acceptors (Lipinski definition) is 7. The van der Waals surface area contributed by atoms with Crippen molar-refractivity contribution in [3.8, 4) is 5.75 Å². The maximum Gasteiger partial charge on any atom is 0.259 e. The van der Waals surface area contributed by atoms with Crippen LogP contribution in [0.3, 0.4) is 0 Å². The van der Waals surface area contributed by atoms with Gasteiger partial charge in [0.15, 0.2) is 6.61 Å². The van der Waals surface area contributed by atoms with E-state index in [0.717, 1.165) is 18.9 Å². The third kappa shape index (κ3) is 4.11. The van der Waals surface area contributed by atoms with Crippen LogP contribution in [0.5, 0.6) is 5.75 Å². The van der Waals surface area contributed by atoms with Crippen LogP contribution in [0.15, 0.2) is 47.1 Å². The first-order chi connectivity index (χ1) is 13.7. The molecule has 1 saturated heterocycles. The Hall–Kier alpha value is -3.42. The zero-order chi connectivity index (χ0) is 19.3. The molecule has 0 atom stereocenters. The molecule has 0 bridgehead atoms. The highest BCUT2D eigenvalue weighted by Gasteiger charge is 2.15. The van der Waals surface area contributed by atoms with Crippen molar-refractivity contribution in [2.24, 2.45) is 0 Å². The van der Waals surface area contributed by atoms with E-state index in [2.05, 4.69) is 25.3 Å². The molecule has 1 aromatic carbocycles. The molecule has 4 rings (SSSR count). The maximum atomic E-state index is 12.7. The molecular formula is C20H21N5O3. The highest BCUT2D eigenvalue weighted by molar-refractivity contribution is 6.06. The van der Waals surface area contributed by atoms with Crippen molar-refractivity contribution in [1.82, 2.24) is 15.1 Å². The fourth-order valence-corrected chi connectivity index (χ4v) is 3.11. The molecule has 0 unspecified atom stereocenters. The van der Waals surface area contributed by atoms with Gasteiger partial charge in [-0.3, -0.25) is 4.79 Å². The molecule has 0 spiro atoms. The van der Waals surface area contributed by atoms with E-state index in [-0.39, 0.29) is 12.5 Å². The molecule has 0 radical (unpaired) electrons. The summed E-state index contributed by atoms with van der Waals surface area (Å²) in [5.74, 6) is 2.01. The number of rotatable bonds is 6. The number of ether oxygens (including phenoxy) is 1. The van der Waals surface area contributed by atoms with Gasteiger partial charge in [0.2, 0.25) is 11.7 Å². The van der Waals surface area contributed by atoms with Crippen molar-refractivity contribution >= 4 is 17.4 Å². The van der Waals surface area contributed by atoms with Gasteiger partial charge in [0.1, 0.15) is 11.6 Å². The molecule has 3 heterocycles. The van der Waals surface area contributed by atoms with Gasteiger partial charge >= 0.3 is 0 Å². The minimum Gasteiger partial charge on any atom is -0.485 e. The Balaban J connectivity index is 1.42. The number of pyridine rings is 1. The van der Waals surface area contributed by atoms with Crippen molar-refractivity contribution in [3.05, 3.63) is 59.9 Å². The molecule has 8 heteroatoms. The Kier molecular flexibility index (Phi) is 5.18. The van der Waals surface area contributed by atoms with E-state index < -0.39 is 0 Å². The van der Waals surface area contributed by atoms with Crippen LogP contribution in [-0.2, 0) is 6.61 Å². The van der Waals surface area contributed by atoms with Gasteiger partial charge in [0, 0.05) is 20.0 Å². The smallest absolute Gasteiger partial charge is 0.259 e. The summed E-state index contributed by atoms with van der Waals surface area (Å²) in [5, 5.41) is 6.66. The highest BCUT2D eigenvalue weighted by Crippen LogP contribution is 2.22. The summed E-state index contributed by atoms with van der Waals surface area (Å²) in [6.07, 6.45) is 4.07. The quantitative estimate of drug-likeness (QED) is 0.703. The summed E-state index contributed by atoms with van der Waals surface area (Å²) in [5.41, 5.74) is 1.06. The van der Waals surface area contributed by atoms with E-state index >= 15 is 0 Å². The second-order valence-electron chi connectivity index (χ2n) is 6.57. The van der Waals surface area contributed by atoms with E-state index in [4.69, 9.17) is 9.26 Å². The van der Waals surface area contributed by atoms with Gasteiger partial charge < -0.3 is 19.5 Å². The molecule has 28 heavy (non-hydrogen) atoms. The number of aromatic nitrogens is 3. The van der Waals surface area contributed by atoms with Gasteiger partial charge in [0.25, 0.3) is 5.91 Å². The van der Waals surface area contributed by atoms with Crippen LogP contribution in [0.1, 0.15) is 34.9 Å². The third-order valence-electron chi connectivity index (χ3n) is 4.49. The second-order valence-corrected chi connectivity index (χ2v) is 6.57. The first-order valence-corrected chi connectivity index (χ1v) is 9.22. The SMILES string of the molecule is Cc1nc(COc2ccccc2C(=O)Nc2ccc(N3CCCC3)nc2)no1. The predicted octanol–water partition coefficient (Wildman–Crippen LogP) is 3.20. The lowest BCUT2D eigenvalue weighted by molar-refractivity contribution is 0.102. The Morgan fingerprint density at radius 2 is 2.04 bits per heavy atom. The zero-order valence-electron chi connectivity index (χ0n) is 15.6. The number of para-hydroxylation sites is 1. The van der Waals surface area contributed by atoms with Crippen molar-refractivity contribution in [1.29, 1.82) is 0 Å². The summed E-state index contributed by atoms with van der Waals surface area (Å²) in [6.45, 7) is 3.89. The number of benzene rings is 1. The lowest BCUT2D eigenvalue weighted by Crippen LogP contribution is -2.19. The number of anilines is 2. The van der Waals surface area contributed by atoms with Gasteiger partial charge in [-0.25, -0.2) is 4.98 Å².